The Kier molecular flexibility index (Phi) is 6.20. The maximum absolute atomic E-state index is 3.50. The molecule has 4 aromatic carbocycles. The van der Waals surface area contributed by atoms with E-state index in [2.05, 4.69) is 123 Å². The number of benzene rings is 4. The molecule has 4 aromatic rings. The molecular weight excluding hydrogens is 455 g/mol. The average Bonchev–Trinajstić information content (AvgIpc) is 2.82. The first kappa shape index (κ1) is 20.0. The van der Waals surface area contributed by atoms with Crippen molar-refractivity contribution in [3.63, 3.8) is 0 Å². The standard InChI is InChI=1S/C10H13.3C6H5.Sn/c1-3-9-6-5-7-10(4-2)8-9;3*1-2-4-6-5-3-1;/h5-7H,3-4H2,1-2H3;3*1-5H;. The molecule has 0 aliphatic rings. The summed E-state index contributed by atoms with van der Waals surface area (Å²) < 4.78 is 6.22. The van der Waals surface area contributed by atoms with Gasteiger partial charge in [-0.1, -0.05) is 0 Å². The summed E-state index contributed by atoms with van der Waals surface area (Å²) in [6, 6.07) is 40.9. The second-order valence-electron chi connectivity index (χ2n) is 7.51. The van der Waals surface area contributed by atoms with Crippen molar-refractivity contribution in [3.05, 3.63) is 120 Å². The predicted octanol–water partition coefficient (Wildman–Crippen LogP) is 4.19. The van der Waals surface area contributed by atoms with Crippen LogP contribution in [0.4, 0.5) is 0 Å². The van der Waals surface area contributed by atoms with Crippen molar-refractivity contribution >= 4 is 32.7 Å². The minimum absolute atomic E-state index is 1.06. The average molecular weight is 483 g/mol. The Bertz CT molecular complexity index is 934. The van der Waals surface area contributed by atoms with E-state index < -0.39 is 18.4 Å². The summed E-state index contributed by atoms with van der Waals surface area (Å²) in [4.78, 5) is 0. The molecule has 0 saturated carbocycles. The molecule has 0 spiro atoms. The van der Waals surface area contributed by atoms with Crippen LogP contribution in [0, 0.1) is 0 Å². The van der Waals surface area contributed by atoms with E-state index >= 15 is 0 Å². The van der Waals surface area contributed by atoms with Crippen LogP contribution < -0.4 is 14.3 Å². The first-order valence-electron chi connectivity index (χ1n) is 10.6. The Morgan fingerprint density at radius 3 is 1.10 bits per heavy atom. The van der Waals surface area contributed by atoms with Crippen molar-refractivity contribution in [3.8, 4) is 0 Å². The predicted molar refractivity (Wildman–Crippen MR) is 129 cm³/mol. The normalized spacial score (nSPS) is 11.4. The molecule has 0 saturated heterocycles. The molecule has 0 amide bonds. The van der Waals surface area contributed by atoms with Crippen LogP contribution in [0.25, 0.3) is 0 Å². The molecule has 144 valence electrons. The zero-order valence-corrected chi connectivity index (χ0v) is 20.2. The maximum atomic E-state index is 2.38. The van der Waals surface area contributed by atoms with E-state index in [0.29, 0.717) is 0 Å². The summed E-state index contributed by atoms with van der Waals surface area (Å²) in [7, 11) is 0. The van der Waals surface area contributed by atoms with Gasteiger partial charge < -0.3 is 0 Å². The van der Waals surface area contributed by atoms with Crippen LogP contribution in [0.3, 0.4) is 0 Å². The first-order chi connectivity index (χ1) is 14.3. The van der Waals surface area contributed by atoms with Crippen LogP contribution in [-0.2, 0) is 12.8 Å². The number of hydrogen-bond acceptors (Lipinski definition) is 0. The molecule has 0 fully saturated rings. The van der Waals surface area contributed by atoms with Crippen LogP contribution in [0.1, 0.15) is 25.0 Å². The molecule has 4 rings (SSSR count). The quantitative estimate of drug-likeness (QED) is 0.361. The van der Waals surface area contributed by atoms with E-state index in [1.165, 1.54) is 21.9 Å². The molecule has 0 atom stereocenters. The Morgan fingerprint density at radius 2 is 0.793 bits per heavy atom. The summed E-state index contributed by atoms with van der Waals surface area (Å²) in [6.45, 7) is 4.60. The van der Waals surface area contributed by atoms with Crippen LogP contribution in [0.15, 0.2) is 109 Å². The van der Waals surface area contributed by atoms with Gasteiger partial charge in [0.1, 0.15) is 0 Å². The van der Waals surface area contributed by atoms with Crippen molar-refractivity contribution in [2.75, 3.05) is 0 Å². The molecule has 29 heavy (non-hydrogen) atoms. The minimum atomic E-state index is -3.50. The van der Waals surface area contributed by atoms with Gasteiger partial charge in [0.2, 0.25) is 0 Å². The van der Waals surface area contributed by atoms with E-state index in [4.69, 9.17) is 0 Å². The summed E-state index contributed by atoms with van der Waals surface area (Å²) in [6.07, 6.45) is 2.13. The Balaban J connectivity index is 2.22. The van der Waals surface area contributed by atoms with Gasteiger partial charge in [-0.2, -0.15) is 0 Å². The Hall–Kier alpha value is -2.32. The van der Waals surface area contributed by atoms with Gasteiger partial charge in [0.15, 0.2) is 0 Å². The third-order valence-corrected chi connectivity index (χ3v) is 20.2. The van der Waals surface area contributed by atoms with Gasteiger partial charge in [-0.15, -0.1) is 0 Å². The van der Waals surface area contributed by atoms with Crippen molar-refractivity contribution in [1.82, 2.24) is 0 Å². The van der Waals surface area contributed by atoms with Crippen LogP contribution in [0.2, 0.25) is 0 Å². The zero-order valence-electron chi connectivity index (χ0n) is 17.3. The molecular formula is C28H28Sn. The van der Waals surface area contributed by atoms with Gasteiger partial charge in [0.25, 0.3) is 0 Å². The zero-order chi connectivity index (χ0) is 20.1. The Labute approximate surface area is 179 Å². The van der Waals surface area contributed by atoms with Gasteiger partial charge in [-0.3, -0.25) is 0 Å². The third kappa shape index (κ3) is 3.55. The molecule has 0 bridgehead atoms. The van der Waals surface area contributed by atoms with E-state index in [0.717, 1.165) is 12.8 Å². The van der Waals surface area contributed by atoms with E-state index in [9.17, 15) is 0 Å². The Morgan fingerprint density at radius 1 is 0.448 bits per heavy atom. The van der Waals surface area contributed by atoms with Gasteiger partial charge in [-0.25, -0.2) is 0 Å². The molecule has 0 radical (unpaired) electrons. The van der Waals surface area contributed by atoms with Gasteiger partial charge in [0, 0.05) is 0 Å². The van der Waals surface area contributed by atoms with E-state index in [-0.39, 0.29) is 0 Å². The molecule has 0 unspecified atom stereocenters. The number of hydrogen-bond donors (Lipinski definition) is 0. The van der Waals surface area contributed by atoms with Gasteiger partial charge in [0.05, 0.1) is 0 Å². The van der Waals surface area contributed by atoms with Crippen LogP contribution in [0.5, 0.6) is 0 Å². The van der Waals surface area contributed by atoms with Crippen LogP contribution >= 0.6 is 0 Å². The van der Waals surface area contributed by atoms with E-state index in [1.54, 1.807) is 3.58 Å². The molecule has 1 heteroatoms. The monoisotopic (exact) mass is 484 g/mol. The fourth-order valence-corrected chi connectivity index (χ4v) is 20.2. The van der Waals surface area contributed by atoms with Crippen molar-refractivity contribution in [1.29, 1.82) is 0 Å². The fourth-order valence-electron chi connectivity index (χ4n) is 4.72. The molecule has 0 aromatic heterocycles. The van der Waals surface area contributed by atoms with Crippen molar-refractivity contribution in [2.45, 2.75) is 26.7 Å². The molecule has 0 nitrogen and oxygen atoms in total. The van der Waals surface area contributed by atoms with Crippen molar-refractivity contribution in [2.24, 2.45) is 0 Å². The summed E-state index contributed by atoms with van der Waals surface area (Å²) in [5.41, 5.74) is 3.02. The summed E-state index contributed by atoms with van der Waals surface area (Å²) in [5.74, 6) is 0. The summed E-state index contributed by atoms with van der Waals surface area (Å²) >= 11 is -3.50. The second-order valence-corrected chi connectivity index (χ2v) is 18.2. The van der Waals surface area contributed by atoms with E-state index in [1.807, 2.05) is 0 Å². The van der Waals surface area contributed by atoms with Crippen molar-refractivity contribution < 1.29 is 0 Å². The molecule has 0 N–H and O–H groups in total. The number of aryl methyl sites for hydroxylation is 2. The SMILES string of the molecule is CCc1cccc(CC)[c]1[Sn]([c]1ccccc1)([c]1ccccc1)[c]1ccccc1. The molecule has 0 aliphatic heterocycles. The van der Waals surface area contributed by atoms with Crippen LogP contribution in [-0.4, -0.2) is 18.4 Å². The molecule has 0 aliphatic carbocycles. The van der Waals surface area contributed by atoms with Gasteiger partial charge >= 0.3 is 180 Å². The first-order valence-corrected chi connectivity index (χ1v) is 16.3. The summed E-state index contributed by atoms with van der Waals surface area (Å²) in [5, 5.41) is 0. The number of rotatable bonds is 6. The molecule has 0 heterocycles. The topological polar surface area (TPSA) is 0 Å². The van der Waals surface area contributed by atoms with Gasteiger partial charge in [-0.05, 0) is 0 Å². The second kappa shape index (κ2) is 9.00. The fraction of sp³-hybridized carbons (Fsp3) is 0.143. The third-order valence-electron chi connectivity index (χ3n) is 5.99.